The molecule has 1 unspecified atom stereocenters. The van der Waals surface area contributed by atoms with Gasteiger partial charge >= 0.3 is 0 Å². The highest BCUT2D eigenvalue weighted by atomic mass is 32.1. The molecule has 0 amide bonds. The maximum absolute atomic E-state index is 5.83. The fraction of sp³-hybridized carbons (Fsp3) is 0.375. The number of aromatic nitrogens is 2. The van der Waals surface area contributed by atoms with E-state index >= 15 is 0 Å². The summed E-state index contributed by atoms with van der Waals surface area (Å²) in [7, 11) is 0. The molecule has 0 radical (unpaired) electrons. The molecule has 116 valence electrons. The van der Waals surface area contributed by atoms with Crippen molar-refractivity contribution in [2.24, 2.45) is 0 Å². The standard InChI is InChI=1S/C16H19N3OS2/c1-4-16(3,15-19-11(2)10-22-15)18-9-14-17-8-12(20-14)13-6-5-7-21-13/h5-8,10,18H,4,9H2,1-3H3. The van der Waals surface area contributed by atoms with Gasteiger partial charge in [-0.15, -0.1) is 22.7 Å². The Kier molecular flexibility index (Phi) is 4.42. The Bertz CT molecular complexity index is 732. The van der Waals surface area contributed by atoms with Crippen LogP contribution >= 0.6 is 22.7 Å². The first-order valence-corrected chi connectivity index (χ1v) is 9.03. The van der Waals surface area contributed by atoms with Gasteiger partial charge in [-0.3, -0.25) is 5.32 Å². The molecule has 3 aromatic rings. The lowest BCUT2D eigenvalue weighted by Crippen LogP contribution is -2.38. The third kappa shape index (κ3) is 3.14. The first-order valence-electron chi connectivity index (χ1n) is 7.27. The second-order valence-electron chi connectivity index (χ2n) is 5.43. The SMILES string of the molecule is CCC(C)(NCc1ncc(-c2cccs2)o1)c1nc(C)cs1. The summed E-state index contributed by atoms with van der Waals surface area (Å²) in [6.07, 6.45) is 2.75. The summed E-state index contributed by atoms with van der Waals surface area (Å²) in [6.45, 7) is 6.95. The van der Waals surface area contributed by atoms with Crippen LogP contribution < -0.4 is 5.32 Å². The van der Waals surface area contributed by atoms with E-state index in [1.165, 1.54) is 0 Å². The van der Waals surface area contributed by atoms with Gasteiger partial charge in [0.05, 0.1) is 23.2 Å². The molecule has 4 nitrogen and oxygen atoms in total. The number of hydrogen-bond donors (Lipinski definition) is 1. The van der Waals surface area contributed by atoms with Crippen molar-refractivity contribution in [2.45, 2.75) is 39.3 Å². The molecule has 1 N–H and O–H groups in total. The van der Waals surface area contributed by atoms with Gasteiger partial charge in [-0.25, -0.2) is 9.97 Å². The van der Waals surface area contributed by atoms with Crippen molar-refractivity contribution >= 4 is 22.7 Å². The molecule has 22 heavy (non-hydrogen) atoms. The lowest BCUT2D eigenvalue weighted by Gasteiger charge is -2.26. The largest absolute Gasteiger partial charge is 0.438 e. The van der Waals surface area contributed by atoms with Gasteiger partial charge < -0.3 is 4.42 Å². The maximum atomic E-state index is 5.83. The maximum Gasteiger partial charge on any atom is 0.208 e. The zero-order valence-electron chi connectivity index (χ0n) is 12.9. The van der Waals surface area contributed by atoms with Crippen molar-refractivity contribution in [1.82, 2.24) is 15.3 Å². The molecule has 0 fully saturated rings. The van der Waals surface area contributed by atoms with Gasteiger partial charge in [0.2, 0.25) is 5.89 Å². The van der Waals surface area contributed by atoms with Crippen molar-refractivity contribution in [3.63, 3.8) is 0 Å². The molecule has 3 heterocycles. The summed E-state index contributed by atoms with van der Waals surface area (Å²) in [5, 5.41) is 8.78. The number of oxazole rings is 1. The number of nitrogens with zero attached hydrogens (tertiary/aromatic N) is 2. The Morgan fingerprint density at radius 1 is 1.36 bits per heavy atom. The summed E-state index contributed by atoms with van der Waals surface area (Å²) in [4.78, 5) is 10.1. The van der Waals surface area contributed by atoms with Crippen LogP contribution in [-0.4, -0.2) is 9.97 Å². The van der Waals surface area contributed by atoms with E-state index in [9.17, 15) is 0 Å². The summed E-state index contributed by atoms with van der Waals surface area (Å²) >= 11 is 3.35. The van der Waals surface area contributed by atoms with E-state index in [-0.39, 0.29) is 5.54 Å². The zero-order valence-corrected chi connectivity index (χ0v) is 14.6. The molecule has 6 heteroatoms. The molecule has 0 spiro atoms. The van der Waals surface area contributed by atoms with Crippen LogP contribution in [-0.2, 0) is 12.1 Å². The van der Waals surface area contributed by atoms with Crippen molar-refractivity contribution in [1.29, 1.82) is 0 Å². The molecule has 0 bridgehead atoms. The molecule has 3 rings (SSSR count). The van der Waals surface area contributed by atoms with Gasteiger partial charge in [-0.05, 0) is 31.7 Å². The summed E-state index contributed by atoms with van der Waals surface area (Å²) in [6, 6.07) is 4.05. The number of thiophene rings is 1. The molecule has 3 aromatic heterocycles. The van der Waals surface area contributed by atoms with Crippen LogP contribution in [0.3, 0.4) is 0 Å². The smallest absolute Gasteiger partial charge is 0.208 e. The minimum absolute atomic E-state index is 0.156. The second kappa shape index (κ2) is 6.32. The molecule has 0 aliphatic heterocycles. The van der Waals surface area contributed by atoms with Gasteiger partial charge in [0.25, 0.3) is 0 Å². The molecular formula is C16H19N3OS2. The van der Waals surface area contributed by atoms with E-state index < -0.39 is 0 Å². The first-order chi connectivity index (χ1) is 10.6. The molecule has 1 atom stereocenters. The van der Waals surface area contributed by atoms with Crippen LogP contribution in [0.2, 0.25) is 0 Å². The average molecular weight is 333 g/mol. The van der Waals surface area contributed by atoms with E-state index in [1.54, 1.807) is 28.9 Å². The van der Waals surface area contributed by atoms with E-state index in [0.717, 1.165) is 27.8 Å². The Morgan fingerprint density at radius 2 is 2.23 bits per heavy atom. The zero-order chi connectivity index (χ0) is 15.6. The molecule has 0 aromatic carbocycles. The van der Waals surface area contributed by atoms with Crippen molar-refractivity contribution in [2.75, 3.05) is 0 Å². The molecule has 0 saturated heterocycles. The highest BCUT2D eigenvalue weighted by Crippen LogP contribution is 2.29. The van der Waals surface area contributed by atoms with Crippen LogP contribution in [0.25, 0.3) is 10.6 Å². The summed E-state index contributed by atoms with van der Waals surface area (Å²) in [5.41, 5.74) is 0.911. The van der Waals surface area contributed by atoms with Crippen molar-refractivity contribution < 1.29 is 4.42 Å². The van der Waals surface area contributed by atoms with E-state index in [0.29, 0.717) is 12.4 Å². The highest BCUT2D eigenvalue weighted by molar-refractivity contribution is 7.13. The predicted molar refractivity (Wildman–Crippen MR) is 91.1 cm³/mol. The van der Waals surface area contributed by atoms with Gasteiger partial charge in [-0.2, -0.15) is 0 Å². The molecule has 0 aliphatic rings. The van der Waals surface area contributed by atoms with Crippen molar-refractivity contribution in [3.05, 3.63) is 45.7 Å². The predicted octanol–water partition coefficient (Wildman–Crippen LogP) is 4.58. The Hall–Kier alpha value is -1.50. The lowest BCUT2D eigenvalue weighted by molar-refractivity contribution is 0.327. The van der Waals surface area contributed by atoms with Crippen LogP contribution in [0, 0.1) is 6.92 Å². The van der Waals surface area contributed by atoms with Gasteiger partial charge in [0.1, 0.15) is 5.01 Å². The summed E-state index contributed by atoms with van der Waals surface area (Å²) in [5.74, 6) is 1.53. The Labute approximate surface area is 138 Å². The number of nitrogens with one attached hydrogen (secondary N) is 1. The van der Waals surface area contributed by atoms with Gasteiger partial charge in [-0.1, -0.05) is 13.0 Å². The van der Waals surface area contributed by atoms with Crippen LogP contribution in [0.15, 0.2) is 33.5 Å². The third-order valence-corrected chi connectivity index (χ3v) is 5.85. The van der Waals surface area contributed by atoms with Crippen molar-refractivity contribution in [3.8, 4) is 10.6 Å². The minimum Gasteiger partial charge on any atom is -0.438 e. The normalized spacial score (nSPS) is 14.1. The van der Waals surface area contributed by atoms with Gasteiger partial charge in [0, 0.05) is 11.1 Å². The fourth-order valence-electron chi connectivity index (χ4n) is 2.15. The number of aryl methyl sites for hydroxylation is 1. The van der Waals surface area contributed by atoms with E-state index in [2.05, 4.69) is 34.5 Å². The quantitative estimate of drug-likeness (QED) is 0.717. The molecule has 0 aliphatic carbocycles. The number of thiazole rings is 1. The molecule has 0 saturated carbocycles. The second-order valence-corrected chi connectivity index (χ2v) is 7.23. The minimum atomic E-state index is -0.156. The molecular weight excluding hydrogens is 314 g/mol. The monoisotopic (exact) mass is 333 g/mol. The topological polar surface area (TPSA) is 51.0 Å². The first kappa shape index (κ1) is 15.4. The lowest BCUT2D eigenvalue weighted by atomic mass is 10.00. The Balaban J connectivity index is 1.71. The summed E-state index contributed by atoms with van der Waals surface area (Å²) < 4.78 is 5.83. The van der Waals surface area contributed by atoms with Crippen LogP contribution in [0.4, 0.5) is 0 Å². The van der Waals surface area contributed by atoms with E-state index in [1.807, 2.05) is 24.4 Å². The third-order valence-electron chi connectivity index (χ3n) is 3.75. The van der Waals surface area contributed by atoms with Crippen LogP contribution in [0.5, 0.6) is 0 Å². The number of rotatable bonds is 6. The Morgan fingerprint density at radius 3 is 2.86 bits per heavy atom. The number of hydrogen-bond acceptors (Lipinski definition) is 6. The van der Waals surface area contributed by atoms with E-state index in [4.69, 9.17) is 4.42 Å². The van der Waals surface area contributed by atoms with Crippen LogP contribution in [0.1, 0.15) is 36.9 Å². The average Bonchev–Trinajstić information content (AvgIpc) is 3.25. The fourth-order valence-corrected chi connectivity index (χ4v) is 3.83. The van der Waals surface area contributed by atoms with Gasteiger partial charge in [0.15, 0.2) is 5.76 Å². The highest BCUT2D eigenvalue weighted by Gasteiger charge is 2.27.